The van der Waals surface area contributed by atoms with Crippen LogP contribution in [0.25, 0.3) is 11.3 Å². The van der Waals surface area contributed by atoms with Crippen LogP contribution in [0.4, 0.5) is 16.0 Å². The van der Waals surface area contributed by atoms with Gasteiger partial charge in [0.05, 0.1) is 23.8 Å². The fourth-order valence-corrected chi connectivity index (χ4v) is 4.52. The van der Waals surface area contributed by atoms with Gasteiger partial charge in [-0.15, -0.1) is 0 Å². The number of nitrogen functional groups attached to an aromatic ring is 1. The van der Waals surface area contributed by atoms with Crippen LogP contribution >= 0.6 is 0 Å². The predicted molar refractivity (Wildman–Crippen MR) is 130 cm³/mol. The fraction of sp³-hybridized carbons (Fsp3) is 0.375. The molecular weight excluding hydrogens is 435 g/mol. The maximum atomic E-state index is 13.7. The van der Waals surface area contributed by atoms with E-state index in [1.807, 2.05) is 10.8 Å². The number of halogens is 1. The third kappa shape index (κ3) is 4.54. The molecule has 1 aromatic carbocycles. The van der Waals surface area contributed by atoms with Crippen molar-refractivity contribution in [2.75, 3.05) is 30.3 Å². The molecule has 0 unspecified atom stereocenters. The smallest absolute Gasteiger partial charge is 0.138 e. The number of imidazole rings is 1. The number of aliphatic hydroxyl groups is 1. The maximum absolute atomic E-state index is 13.7. The molecule has 3 heterocycles. The summed E-state index contributed by atoms with van der Waals surface area (Å²) in [6, 6.07) is 4.97. The summed E-state index contributed by atoms with van der Waals surface area (Å²) in [6.45, 7) is 3.58. The third-order valence-electron chi connectivity index (χ3n) is 6.35. The van der Waals surface area contributed by atoms with Gasteiger partial charge in [-0.2, -0.15) is 0 Å². The Morgan fingerprint density at radius 1 is 1.24 bits per heavy atom. The Balaban J connectivity index is 1.58. The topological polar surface area (TPSA) is 141 Å². The molecule has 1 saturated heterocycles. The van der Waals surface area contributed by atoms with E-state index in [2.05, 4.69) is 14.9 Å². The molecule has 4 rings (SSSR count). The zero-order valence-electron chi connectivity index (χ0n) is 19.1. The second kappa shape index (κ2) is 10.1. The van der Waals surface area contributed by atoms with Crippen LogP contribution in [0.1, 0.15) is 41.6 Å². The van der Waals surface area contributed by atoms with Crippen LogP contribution in [0.15, 0.2) is 30.7 Å². The average Bonchev–Trinajstić information content (AvgIpc) is 3.27. The first-order valence-corrected chi connectivity index (χ1v) is 11.3. The van der Waals surface area contributed by atoms with E-state index in [9.17, 15) is 9.50 Å². The van der Waals surface area contributed by atoms with E-state index in [1.165, 1.54) is 24.8 Å². The average molecular weight is 465 g/mol. The number of aromatic nitrogens is 4. The number of nitrogens with zero attached hydrogens (tertiary/aromatic N) is 5. The number of aliphatic hydroxyl groups excluding tert-OH is 1. The van der Waals surface area contributed by atoms with Gasteiger partial charge in [0.25, 0.3) is 0 Å². The van der Waals surface area contributed by atoms with E-state index in [0.717, 1.165) is 29.9 Å². The molecule has 178 valence electrons. The number of nitrogens with two attached hydrogens (primary N) is 1. The van der Waals surface area contributed by atoms with Gasteiger partial charge in [-0.3, -0.25) is 0 Å². The van der Waals surface area contributed by atoms with Crippen molar-refractivity contribution in [1.29, 1.82) is 10.8 Å². The Bertz CT molecular complexity index is 1180. The van der Waals surface area contributed by atoms with Crippen molar-refractivity contribution in [2.45, 2.75) is 38.1 Å². The van der Waals surface area contributed by atoms with Crippen molar-refractivity contribution in [1.82, 2.24) is 19.5 Å². The Hall–Kier alpha value is -3.66. The van der Waals surface area contributed by atoms with Gasteiger partial charge in [0, 0.05) is 49.7 Å². The third-order valence-corrected chi connectivity index (χ3v) is 6.35. The highest BCUT2D eigenvalue weighted by molar-refractivity contribution is 5.91. The normalized spacial score (nSPS) is 15.3. The van der Waals surface area contributed by atoms with Crippen molar-refractivity contribution >= 4 is 24.1 Å². The number of nitrogens with one attached hydrogen (secondary N) is 2. The quantitative estimate of drug-likeness (QED) is 0.378. The van der Waals surface area contributed by atoms with E-state index in [4.69, 9.17) is 21.5 Å². The summed E-state index contributed by atoms with van der Waals surface area (Å²) in [4.78, 5) is 15.5. The van der Waals surface area contributed by atoms with Gasteiger partial charge in [0.15, 0.2) is 0 Å². The van der Waals surface area contributed by atoms with Crippen LogP contribution < -0.4 is 10.6 Å². The fourth-order valence-electron chi connectivity index (χ4n) is 4.52. The number of anilines is 2. The molecule has 0 spiro atoms. The zero-order valence-corrected chi connectivity index (χ0v) is 19.1. The Labute approximate surface area is 197 Å². The largest absolute Gasteiger partial charge is 0.395 e. The Morgan fingerprint density at radius 2 is 1.97 bits per heavy atom. The lowest BCUT2D eigenvalue weighted by Crippen LogP contribution is -2.35. The standard InChI is InChI=1S/C24H29FN8O/c1-15-10-17(2-3-19(15)25)20-13-33(8-9-34)23(31-20)16-4-6-32(7-5-16)24-21(18(11-26)12-27)22(28)29-14-30-24/h2-3,10-14,16,18,26-27,34H,4-9H2,1H3,(H2,28,29,30). The van der Waals surface area contributed by atoms with Crippen molar-refractivity contribution < 1.29 is 9.50 Å². The first-order chi connectivity index (χ1) is 16.5. The summed E-state index contributed by atoms with van der Waals surface area (Å²) in [5.74, 6) is 1.21. The lowest BCUT2D eigenvalue weighted by atomic mass is 9.94. The van der Waals surface area contributed by atoms with Gasteiger partial charge >= 0.3 is 0 Å². The molecule has 2 aromatic heterocycles. The van der Waals surface area contributed by atoms with Crippen molar-refractivity contribution in [3.05, 3.63) is 53.5 Å². The monoisotopic (exact) mass is 464 g/mol. The zero-order chi connectivity index (χ0) is 24.2. The summed E-state index contributed by atoms with van der Waals surface area (Å²) in [5, 5.41) is 24.9. The summed E-state index contributed by atoms with van der Waals surface area (Å²) < 4.78 is 15.7. The Morgan fingerprint density at radius 3 is 2.62 bits per heavy atom. The minimum Gasteiger partial charge on any atom is -0.395 e. The number of rotatable bonds is 8. The maximum Gasteiger partial charge on any atom is 0.138 e. The van der Waals surface area contributed by atoms with Crippen LogP contribution in [-0.2, 0) is 6.54 Å². The lowest BCUT2D eigenvalue weighted by molar-refractivity contribution is 0.272. The molecule has 0 radical (unpaired) electrons. The molecule has 1 aliphatic heterocycles. The lowest BCUT2D eigenvalue weighted by Gasteiger charge is -2.34. The highest BCUT2D eigenvalue weighted by Gasteiger charge is 2.28. The van der Waals surface area contributed by atoms with E-state index in [-0.39, 0.29) is 24.2 Å². The molecule has 1 aliphatic rings. The van der Waals surface area contributed by atoms with Gasteiger partial charge in [-0.25, -0.2) is 19.3 Å². The first kappa shape index (κ1) is 23.5. The van der Waals surface area contributed by atoms with E-state index < -0.39 is 5.92 Å². The molecule has 0 aliphatic carbocycles. The molecule has 5 N–H and O–H groups in total. The molecule has 0 amide bonds. The number of aryl methyl sites for hydroxylation is 1. The molecule has 0 bridgehead atoms. The van der Waals surface area contributed by atoms with Crippen LogP contribution in [0, 0.1) is 23.6 Å². The molecule has 9 nitrogen and oxygen atoms in total. The summed E-state index contributed by atoms with van der Waals surface area (Å²) in [5.41, 5.74) is 8.85. The second-order valence-electron chi connectivity index (χ2n) is 8.48. The van der Waals surface area contributed by atoms with Gasteiger partial charge in [-0.1, -0.05) is 0 Å². The van der Waals surface area contributed by atoms with Gasteiger partial charge in [0.2, 0.25) is 0 Å². The van der Waals surface area contributed by atoms with Crippen molar-refractivity contribution in [2.24, 2.45) is 0 Å². The summed E-state index contributed by atoms with van der Waals surface area (Å²) in [6.07, 6.45) is 7.30. The van der Waals surface area contributed by atoms with Crippen molar-refractivity contribution in [3.8, 4) is 11.3 Å². The molecule has 0 atom stereocenters. The van der Waals surface area contributed by atoms with E-state index >= 15 is 0 Å². The van der Waals surface area contributed by atoms with Gasteiger partial charge in [-0.05, 0) is 43.5 Å². The van der Waals surface area contributed by atoms with E-state index in [0.29, 0.717) is 36.6 Å². The van der Waals surface area contributed by atoms with Gasteiger partial charge in [0.1, 0.15) is 29.6 Å². The van der Waals surface area contributed by atoms with Crippen LogP contribution in [-0.4, -0.2) is 56.8 Å². The molecule has 10 heteroatoms. The highest BCUT2D eigenvalue weighted by atomic mass is 19.1. The highest BCUT2D eigenvalue weighted by Crippen LogP contribution is 2.35. The molecule has 0 saturated carbocycles. The minimum atomic E-state index is -0.570. The first-order valence-electron chi connectivity index (χ1n) is 11.3. The minimum absolute atomic E-state index is 0.00228. The summed E-state index contributed by atoms with van der Waals surface area (Å²) >= 11 is 0. The molecule has 3 aromatic rings. The second-order valence-corrected chi connectivity index (χ2v) is 8.48. The number of piperidine rings is 1. The molecular formula is C24H29FN8O. The molecule has 34 heavy (non-hydrogen) atoms. The number of hydrogen-bond acceptors (Lipinski definition) is 8. The summed E-state index contributed by atoms with van der Waals surface area (Å²) in [7, 11) is 0. The molecule has 1 fully saturated rings. The predicted octanol–water partition coefficient (Wildman–Crippen LogP) is 3.13. The van der Waals surface area contributed by atoms with E-state index in [1.54, 1.807) is 19.1 Å². The SMILES string of the molecule is Cc1cc(-c2cn(CCO)c(C3CCN(c4ncnc(N)c4C(C=N)C=N)CC3)n2)ccc1F. The Kier molecular flexibility index (Phi) is 6.97. The number of benzene rings is 1. The van der Waals surface area contributed by atoms with Crippen LogP contribution in [0.3, 0.4) is 0 Å². The van der Waals surface area contributed by atoms with Crippen LogP contribution in [0.2, 0.25) is 0 Å². The van der Waals surface area contributed by atoms with Crippen molar-refractivity contribution in [3.63, 3.8) is 0 Å². The number of hydrogen-bond donors (Lipinski definition) is 4. The van der Waals surface area contributed by atoms with Crippen LogP contribution in [0.5, 0.6) is 0 Å². The van der Waals surface area contributed by atoms with Gasteiger partial charge < -0.3 is 31.1 Å².